The number of benzene rings is 1. The third kappa shape index (κ3) is 3.06. The first-order valence-corrected chi connectivity index (χ1v) is 8.11. The molecule has 0 bridgehead atoms. The molecule has 0 amide bonds. The Morgan fingerprint density at radius 2 is 2.21 bits per heavy atom. The van der Waals surface area contributed by atoms with Crippen molar-refractivity contribution >= 4 is 38.6 Å². The molecule has 8 heteroatoms. The van der Waals surface area contributed by atoms with Gasteiger partial charge in [0.05, 0.1) is 16.8 Å². The lowest BCUT2D eigenvalue weighted by atomic mass is 10.3. The molecule has 1 aromatic heterocycles. The summed E-state index contributed by atoms with van der Waals surface area (Å²) in [6, 6.07) is 4.14. The van der Waals surface area contributed by atoms with Crippen LogP contribution in [0, 0.1) is 0 Å². The van der Waals surface area contributed by atoms with Crippen molar-refractivity contribution in [3.8, 4) is 0 Å². The third-order valence-corrected chi connectivity index (χ3v) is 5.46. The number of rotatable bonds is 4. The van der Waals surface area contributed by atoms with Gasteiger partial charge in [0.25, 0.3) is 0 Å². The normalized spacial score (nSPS) is 13.4. The second kappa shape index (κ2) is 5.46. The number of hydrogen-bond donors (Lipinski definition) is 2. The zero-order valence-corrected chi connectivity index (χ0v) is 12.4. The molecule has 1 atom stereocenters. The zero-order valence-electron chi connectivity index (χ0n) is 10.00. The van der Waals surface area contributed by atoms with Crippen LogP contribution in [0.1, 0.15) is 18.0 Å². The van der Waals surface area contributed by atoms with Gasteiger partial charge in [0, 0.05) is 11.6 Å². The summed E-state index contributed by atoms with van der Waals surface area (Å²) in [5, 5.41) is 2.55. The van der Waals surface area contributed by atoms with E-state index in [0.717, 1.165) is 0 Å². The number of anilines is 1. The van der Waals surface area contributed by atoms with E-state index in [0.29, 0.717) is 5.01 Å². The van der Waals surface area contributed by atoms with Crippen molar-refractivity contribution in [3.05, 3.63) is 39.8 Å². The van der Waals surface area contributed by atoms with Crippen molar-refractivity contribution in [3.63, 3.8) is 0 Å². The summed E-state index contributed by atoms with van der Waals surface area (Å²) in [5.74, 6) is 0. The van der Waals surface area contributed by atoms with Gasteiger partial charge in [0.15, 0.2) is 0 Å². The fourth-order valence-electron chi connectivity index (χ4n) is 1.60. The van der Waals surface area contributed by atoms with Crippen molar-refractivity contribution in [2.24, 2.45) is 0 Å². The molecule has 0 aliphatic carbocycles. The predicted molar refractivity (Wildman–Crippen MR) is 76.7 cm³/mol. The fourth-order valence-corrected chi connectivity index (χ4v) is 4.20. The molecule has 3 N–H and O–H groups in total. The number of nitrogens with one attached hydrogen (secondary N) is 1. The van der Waals surface area contributed by atoms with Gasteiger partial charge in [-0.05, 0) is 19.1 Å². The molecule has 0 saturated carbocycles. The maximum Gasteiger partial charge on any atom is 0.244 e. The highest BCUT2D eigenvalue weighted by Gasteiger charge is 2.24. The molecule has 1 unspecified atom stereocenters. The first-order chi connectivity index (χ1) is 8.92. The number of nitrogen functional groups attached to an aromatic ring is 1. The van der Waals surface area contributed by atoms with Gasteiger partial charge in [-0.1, -0.05) is 17.7 Å². The van der Waals surface area contributed by atoms with Crippen molar-refractivity contribution in [2.45, 2.75) is 17.9 Å². The minimum Gasteiger partial charge on any atom is -0.398 e. The number of nitrogens with two attached hydrogens (primary N) is 1. The summed E-state index contributed by atoms with van der Waals surface area (Å²) in [7, 11) is -3.79. The van der Waals surface area contributed by atoms with Gasteiger partial charge in [0.1, 0.15) is 9.90 Å². The molecule has 2 rings (SSSR count). The molecular formula is C11H12ClN3O2S2. The third-order valence-electron chi connectivity index (χ3n) is 2.42. The molecule has 102 valence electrons. The quantitative estimate of drug-likeness (QED) is 0.848. The highest BCUT2D eigenvalue weighted by Crippen LogP contribution is 2.28. The van der Waals surface area contributed by atoms with Crippen molar-refractivity contribution in [2.75, 3.05) is 5.73 Å². The summed E-state index contributed by atoms with van der Waals surface area (Å²) in [5.41, 5.74) is 5.80. The zero-order chi connectivity index (χ0) is 14.0. The molecule has 1 heterocycles. The number of sulfonamides is 1. The Kier molecular flexibility index (Phi) is 4.10. The van der Waals surface area contributed by atoms with E-state index in [2.05, 4.69) is 9.71 Å². The molecule has 5 nitrogen and oxygen atoms in total. The van der Waals surface area contributed by atoms with Crippen molar-refractivity contribution in [1.29, 1.82) is 0 Å². The Balaban J connectivity index is 2.33. The molecular weight excluding hydrogens is 306 g/mol. The number of thiazole rings is 1. The van der Waals surface area contributed by atoms with Crippen LogP contribution in [0.2, 0.25) is 5.02 Å². The van der Waals surface area contributed by atoms with E-state index in [4.69, 9.17) is 17.3 Å². The Labute approximate surface area is 120 Å². The number of nitrogens with zero attached hydrogens (tertiary/aromatic N) is 1. The summed E-state index contributed by atoms with van der Waals surface area (Å²) in [6.07, 6.45) is 1.62. The minimum absolute atomic E-state index is 0.0961. The number of hydrogen-bond acceptors (Lipinski definition) is 5. The van der Waals surface area contributed by atoms with Crippen LogP contribution in [-0.2, 0) is 10.0 Å². The smallest absolute Gasteiger partial charge is 0.244 e. The monoisotopic (exact) mass is 317 g/mol. The first kappa shape index (κ1) is 14.3. The lowest BCUT2D eigenvalue weighted by Crippen LogP contribution is -2.27. The fraction of sp³-hybridized carbons (Fsp3) is 0.182. The second-order valence-electron chi connectivity index (χ2n) is 3.87. The molecule has 0 fully saturated rings. The predicted octanol–water partition coefficient (Wildman–Crippen LogP) is 2.42. The van der Waals surface area contributed by atoms with Gasteiger partial charge >= 0.3 is 0 Å². The molecule has 0 spiro atoms. The van der Waals surface area contributed by atoms with Gasteiger partial charge in [-0.15, -0.1) is 11.3 Å². The van der Waals surface area contributed by atoms with Crippen molar-refractivity contribution in [1.82, 2.24) is 9.71 Å². The van der Waals surface area contributed by atoms with Crippen LogP contribution in [-0.4, -0.2) is 13.4 Å². The second-order valence-corrected chi connectivity index (χ2v) is 6.86. The lowest BCUT2D eigenvalue weighted by Gasteiger charge is -2.14. The van der Waals surface area contributed by atoms with Gasteiger partial charge in [-0.25, -0.2) is 18.1 Å². The van der Waals surface area contributed by atoms with Gasteiger partial charge in [0.2, 0.25) is 10.0 Å². The highest BCUT2D eigenvalue weighted by molar-refractivity contribution is 7.89. The number of aromatic nitrogens is 1. The van der Waals surface area contributed by atoms with E-state index in [1.54, 1.807) is 24.6 Å². The standard InChI is InChI=1S/C11H12ClN3O2S2/c1-7(11-14-5-6-18-11)15-19(16,17)10-8(12)3-2-4-9(10)13/h2-7,15H,13H2,1H3. The first-order valence-electron chi connectivity index (χ1n) is 5.37. The Morgan fingerprint density at radius 1 is 1.47 bits per heavy atom. The van der Waals surface area contributed by atoms with Gasteiger partial charge in [-0.3, -0.25) is 0 Å². The Morgan fingerprint density at radius 3 is 2.79 bits per heavy atom. The van der Waals surface area contributed by atoms with Crippen LogP contribution in [0.4, 0.5) is 5.69 Å². The molecule has 1 aromatic carbocycles. The molecule has 0 aliphatic heterocycles. The largest absolute Gasteiger partial charge is 0.398 e. The van der Waals surface area contributed by atoms with E-state index in [-0.39, 0.29) is 15.6 Å². The average Bonchev–Trinajstić information content (AvgIpc) is 2.80. The Bertz CT molecular complexity index is 651. The Hall–Kier alpha value is -1.15. The van der Waals surface area contributed by atoms with Gasteiger partial charge < -0.3 is 5.73 Å². The van der Waals surface area contributed by atoms with Gasteiger partial charge in [-0.2, -0.15) is 0 Å². The summed E-state index contributed by atoms with van der Waals surface area (Å²) in [4.78, 5) is 3.97. The van der Waals surface area contributed by atoms with Crippen LogP contribution in [0.15, 0.2) is 34.7 Å². The van der Waals surface area contributed by atoms with Crippen LogP contribution in [0.5, 0.6) is 0 Å². The van der Waals surface area contributed by atoms with Crippen molar-refractivity contribution < 1.29 is 8.42 Å². The summed E-state index contributed by atoms with van der Waals surface area (Å²) in [6.45, 7) is 1.71. The van der Waals surface area contributed by atoms with Crippen LogP contribution in [0.3, 0.4) is 0 Å². The summed E-state index contributed by atoms with van der Waals surface area (Å²) < 4.78 is 27.1. The molecule has 2 aromatic rings. The van der Waals surface area contributed by atoms with Crippen LogP contribution >= 0.6 is 22.9 Å². The number of halogens is 1. The van der Waals surface area contributed by atoms with E-state index in [1.807, 2.05) is 0 Å². The highest BCUT2D eigenvalue weighted by atomic mass is 35.5. The maximum absolute atomic E-state index is 12.3. The SMILES string of the molecule is CC(NS(=O)(=O)c1c(N)cccc1Cl)c1nccs1. The van der Waals surface area contributed by atoms with E-state index < -0.39 is 16.1 Å². The summed E-state index contributed by atoms with van der Waals surface area (Å²) >= 11 is 7.28. The van der Waals surface area contributed by atoms with Crippen LogP contribution < -0.4 is 10.5 Å². The topological polar surface area (TPSA) is 85.1 Å². The van der Waals surface area contributed by atoms with Crippen LogP contribution in [0.25, 0.3) is 0 Å². The minimum atomic E-state index is -3.79. The lowest BCUT2D eigenvalue weighted by molar-refractivity contribution is 0.567. The van der Waals surface area contributed by atoms with E-state index in [9.17, 15) is 8.42 Å². The molecule has 0 aliphatic rings. The maximum atomic E-state index is 12.3. The molecule has 0 radical (unpaired) electrons. The average molecular weight is 318 g/mol. The van der Waals surface area contributed by atoms with E-state index in [1.165, 1.54) is 23.5 Å². The van der Waals surface area contributed by atoms with E-state index >= 15 is 0 Å². The molecule has 19 heavy (non-hydrogen) atoms. The molecule has 0 saturated heterocycles.